The molecule has 0 aliphatic carbocycles. The first-order chi connectivity index (χ1) is 18.6. The monoisotopic (exact) mass is 571 g/mol. The van der Waals surface area contributed by atoms with Crippen LogP contribution >= 0.6 is 23.2 Å². The Morgan fingerprint density at radius 2 is 1.49 bits per heavy atom. The van der Waals surface area contributed by atoms with E-state index in [0.717, 1.165) is 11.0 Å². The predicted molar refractivity (Wildman–Crippen MR) is 140 cm³/mol. The molecule has 0 N–H and O–H groups in total. The van der Waals surface area contributed by atoms with Crippen molar-refractivity contribution in [3.8, 4) is 17.2 Å². The lowest BCUT2D eigenvalue weighted by atomic mass is 9.86. The third kappa shape index (κ3) is 3.93. The molecular weight excluding hydrogens is 553 g/mol. The summed E-state index contributed by atoms with van der Waals surface area (Å²) in [4.78, 5) is 53.6. The molecule has 2 heterocycles. The molecule has 2 unspecified atom stereocenters. The van der Waals surface area contributed by atoms with E-state index in [9.17, 15) is 24.5 Å². The lowest BCUT2D eigenvalue weighted by Crippen LogP contribution is -2.67. The number of imide groups is 1. The fourth-order valence-corrected chi connectivity index (χ4v) is 5.23. The quantitative estimate of drug-likeness (QED) is 0.173. The van der Waals surface area contributed by atoms with Crippen LogP contribution in [0.25, 0.3) is 0 Å². The maximum Gasteiger partial charge on any atom is 0.282 e. The summed E-state index contributed by atoms with van der Waals surface area (Å²) in [6.07, 6.45) is 0. The average Bonchev–Trinajstić information content (AvgIpc) is 3.17. The number of nitrogens with zero attached hydrogens (tertiary/aromatic N) is 3. The Hall–Kier alpha value is -4.35. The highest BCUT2D eigenvalue weighted by Crippen LogP contribution is 2.49. The molecule has 0 radical (unpaired) electrons. The van der Waals surface area contributed by atoms with E-state index in [4.69, 9.17) is 37.4 Å². The van der Waals surface area contributed by atoms with Gasteiger partial charge in [0.2, 0.25) is 5.75 Å². The van der Waals surface area contributed by atoms with Gasteiger partial charge in [0.15, 0.2) is 11.5 Å². The van der Waals surface area contributed by atoms with Gasteiger partial charge in [0.1, 0.15) is 11.6 Å². The largest absolute Gasteiger partial charge is 0.493 e. The normalized spacial score (nSPS) is 18.1. The number of nitro benzene ring substituents is 1. The molecule has 11 nitrogen and oxygen atoms in total. The number of ether oxygens (including phenoxy) is 3. The van der Waals surface area contributed by atoms with Crippen LogP contribution in [-0.2, 0) is 4.79 Å². The number of amides is 3. The van der Waals surface area contributed by atoms with Crippen LogP contribution in [0.3, 0.4) is 0 Å². The number of methoxy groups -OCH3 is 3. The number of carbonyl (C=O) groups excluding carboxylic acids is 3. The van der Waals surface area contributed by atoms with Gasteiger partial charge in [-0.1, -0.05) is 29.3 Å². The average molecular weight is 572 g/mol. The second-order valence-corrected chi connectivity index (χ2v) is 9.41. The Labute approximate surface area is 231 Å². The molecule has 2 aliphatic heterocycles. The zero-order valence-corrected chi connectivity index (χ0v) is 22.1. The minimum atomic E-state index is -1.34. The highest BCUT2D eigenvalue weighted by molar-refractivity contribution is 6.42. The molecule has 39 heavy (non-hydrogen) atoms. The van der Waals surface area contributed by atoms with Crippen molar-refractivity contribution in [1.29, 1.82) is 0 Å². The SMILES string of the molecule is COc1cc(C2C(N3C(=O)c4cccc([N+](=O)[O-])c4C3=O)C(=O)N2c2ccc(Cl)c(Cl)c2)cc(OC)c1OC. The van der Waals surface area contributed by atoms with Gasteiger partial charge in [0.05, 0.1) is 47.9 Å². The summed E-state index contributed by atoms with van der Waals surface area (Å²) in [5.41, 5.74) is -0.250. The van der Waals surface area contributed by atoms with E-state index in [1.165, 1.54) is 50.5 Å². The van der Waals surface area contributed by atoms with Gasteiger partial charge in [0.25, 0.3) is 23.4 Å². The molecule has 0 saturated carbocycles. The standard InChI is InChI=1S/C26H19Cl2N3O8/c1-37-18-9-12(10-19(38-2)23(18)39-3)21-22(26(34)29(21)13-7-8-15(27)16(28)11-13)30-24(32)14-5-4-6-17(31(35)36)20(14)25(30)33/h4-11,21-22H,1-3H3. The summed E-state index contributed by atoms with van der Waals surface area (Å²) >= 11 is 12.3. The number of β-lactam (4-membered cyclic amide) rings is 1. The Morgan fingerprint density at radius 3 is 2.05 bits per heavy atom. The number of rotatable bonds is 7. The number of benzene rings is 3. The molecule has 3 aromatic rings. The van der Waals surface area contributed by atoms with Crippen molar-refractivity contribution in [2.45, 2.75) is 12.1 Å². The van der Waals surface area contributed by atoms with Crippen molar-refractivity contribution < 1.29 is 33.5 Å². The molecular formula is C26H19Cl2N3O8. The Balaban J connectivity index is 1.67. The number of fused-ring (bicyclic) bond motifs is 1. The van der Waals surface area contributed by atoms with Gasteiger partial charge in [0, 0.05) is 11.8 Å². The lowest BCUT2D eigenvalue weighted by molar-refractivity contribution is -0.385. The van der Waals surface area contributed by atoms with Crippen molar-refractivity contribution in [3.63, 3.8) is 0 Å². The van der Waals surface area contributed by atoms with Crippen molar-refractivity contribution in [2.75, 3.05) is 26.2 Å². The molecule has 2 atom stereocenters. The van der Waals surface area contributed by atoms with Crippen LogP contribution in [0.1, 0.15) is 32.3 Å². The van der Waals surface area contributed by atoms with Crippen molar-refractivity contribution in [2.24, 2.45) is 0 Å². The molecule has 0 spiro atoms. The molecule has 13 heteroatoms. The van der Waals surface area contributed by atoms with Crippen molar-refractivity contribution in [1.82, 2.24) is 4.90 Å². The summed E-state index contributed by atoms with van der Waals surface area (Å²) in [6.45, 7) is 0. The van der Waals surface area contributed by atoms with Gasteiger partial charge >= 0.3 is 0 Å². The second kappa shape index (κ2) is 9.75. The fourth-order valence-electron chi connectivity index (χ4n) is 4.94. The number of hydrogen-bond donors (Lipinski definition) is 0. The number of anilines is 1. The molecule has 5 rings (SSSR count). The predicted octanol–water partition coefficient (Wildman–Crippen LogP) is 4.68. The number of carbonyl (C=O) groups is 3. The van der Waals surface area contributed by atoms with Gasteiger partial charge < -0.3 is 19.1 Å². The van der Waals surface area contributed by atoms with E-state index < -0.39 is 40.4 Å². The highest BCUT2D eigenvalue weighted by Gasteiger charge is 2.58. The third-order valence-electron chi connectivity index (χ3n) is 6.68. The maximum atomic E-state index is 13.7. The van der Waals surface area contributed by atoms with E-state index >= 15 is 0 Å². The first-order valence-electron chi connectivity index (χ1n) is 11.4. The summed E-state index contributed by atoms with van der Waals surface area (Å²) in [7, 11) is 4.28. The van der Waals surface area contributed by atoms with Crippen LogP contribution in [0.4, 0.5) is 11.4 Å². The Bertz CT molecular complexity index is 1550. The van der Waals surface area contributed by atoms with E-state index in [0.29, 0.717) is 17.0 Å². The lowest BCUT2D eigenvalue weighted by Gasteiger charge is -2.49. The van der Waals surface area contributed by atoms with Crippen LogP contribution < -0.4 is 19.1 Å². The zero-order chi connectivity index (χ0) is 28.2. The summed E-state index contributed by atoms with van der Waals surface area (Å²) in [5.74, 6) is -1.52. The molecule has 0 aromatic heterocycles. The van der Waals surface area contributed by atoms with E-state index in [1.807, 2.05) is 0 Å². The Kier molecular flexibility index (Phi) is 6.57. The zero-order valence-electron chi connectivity index (χ0n) is 20.6. The fraction of sp³-hybridized carbons (Fsp3) is 0.192. The van der Waals surface area contributed by atoms with Gasteiger partial charge in [-0.05, 0) is 42.0 Å². The van der Waals surface area contributed by atoms with Crippen molar-refractivity contribution >= 4 is 52.3 Å². The topological polar surface area (TPSA) is 129 Å². The number of halogens is 2. The molecule has 1 saturated heterocycles. The molecule has 200 valence electrons. The van der Waals surface area contributed by atoms with Crippen LogP contribution in [0.15, 0.2) is 48.5 Å². The first-order valence-corrected chi connectivity index (χ1v) is 12.1. The maximum absolute atomic E-state index is 13.7. The van der Waals surface area contributed by atoms with E-state index in [1.54, 1.807) is 18.2 Å². The molecule has 1 fully saturated rings. The van der Waals surface area contributed by atoms with Crippen LogP contribution in [0.5, 0.6) is 17.2 Å². The van der Waals surface area contributed by atoms with E-state index in [-0.39, 0.29) is 32.7 Å². The van der Waals surface area contributed by atoms with Gasteiger partial charge in [-0.15, -0.1) is 0 Å². The number of hydrogen-bond acceptors (Lipinski definition) is 8. The van der Waals surface area contributed by atoms with Gasteiger partial charge in [-0.3, -0.25) is 29.4 Å². The highest BCUT2D eigenvalue weighted by atomic mass is 35.5. The third-order valence-corrected chi connectivity index (χ3v) is 7.42. The van der Waals surface area contributed by atoms with E-state index in [2.05, 4.69) is 0 Å². The van der Waals surface area contributed by atoms with Gasteiger partial charge in [-0.25, -0.2) is 0 Å². The summed E-state index contributed by atoms with van der Waals surface area (Å²) in [5, 5.41) is 12.1. The minimum Gasteiger partial charge on any atom is -0.493 e. The minimum absolute atomic E-state index is 0.154. The van der Waals surface area contributed by atoms with Crippen LogP contribution in [0.2, 0.25) is 10.0 Å². The molecule has 0 bridgehead atoms. The molecule has 2 aliphatic rings. The summed E-state index contributed by atoms with van der Waals surface area (Å²) < 4.78 is 16.3. The molecule has 3 aromatic carbocycles. The summed E-state index contributed by atoms with van der Waals surface area (Å²) in [6, 6.07) is 9.24. The molecule has 3 amide bonds. The second-order valence-electron chi connectivity index (χ2n) is 8.59. The Morgan fingerprint density at radius 1 is 0.821 bits per heavy atom. The first kappa shape index (κ1) is 26.3. The smallest absolute Gasteiger partial charge is 0.282 e. The van der Waals surface area contributed by atoms with Crippen LogP contribution in [0, 0.1) is 10.1 Å². The van der Waals surface area contributed by atoms with Crippen molar-refractivity contribution in [3.05, 3.63) is 85.4 Å². The van der Waals surface area contributed by atoms with Gasteiger partial charge in [-0.2, -0.15) is 0 Å². The number of nitro groups is 1. The van der Waals surface area contributed by atoms with Crippen LogP contribution in [-0.4, -0.2) is 54.9 Å².